The van der Waals surface area contributed by atoms with Crippen LogP contribution in [0.2, 0.25) is 0 Å². The van der Waals surface area contributed by atoms with Gasteiger partial charge in [0.2, 0.25) is 0 Å². The summed E-state index contributed by atoms with van der Waals surface area (Å²) in [6.07, 6.45) is 8.16. The van der Waals surface area contributed by atoms with Crippen molar-refractivity contribution < 1.29 is 16.5 Å². The maximum Gasteiger partial charge on any atom is 0 e. The second-order valence-corrected chi connectivity index (χ2v) is 2.56. The van der Waals surface area contributed by atoms with E-state index in [-0.39, 0.29) is 16.5 Å². The van der Waals surface area contributed by atoms with Gasteiger partial charge in [0.05, 0.1) is 0 Å². The summed E-state index contributed by atoms with van der Waals surface area (Å²) in [7, 11) is 0. The fourth-order valence-corrected chi connectivity index (χ4v) is 1.08. The second-order valence-electron chi connectivity index (χ2n) is 2.56. The Morgan fingerprint density at radius 1 is 1.62 bits per heavy atom. The van der Waals surface area contributed by atoms with Crippen molar-refractivity contribution in [2.45, 2.75) is 19.8 Å². The molecule has 13 heavy (non-hydrogen) atoms. The Balaban J connectivity index is 0.00000144. The van der Waals surface area contributed by atoms with Crippen molar-refractivity contribution in [3.05, 3.63) is 36.2 Å². The van der Waals surface area contributed by atoms with Gasteiger partial charge in [-0.05, 0) is 18.5 Å². The normalized spacial score (nSPS) is 17.8. The molecule has 0 saturated carbocycles. The molecular weight excluding hydrogens is 207 g/mol. The summed E-state index contributed by atoms with van der Waals surface area (Å²) in [6, 6.07) is 0. The molecule has 1 heterocycles. The van der Waals surface area contributed by atoms with Crippen molar-refractivity contribution in [3.63, 3.8) is 0 Å². The van der Waals surface area contributed by atoms with E-state index in [4.69, 9.17) is 5.73 Å². The predicted molar refractivity (Wildman–Crippen MR) is 51.6 cm³/mol. The summed E-state index contributed by atoms with van der Waals surface area (Å²) in [4.78, 5) is 4.35. The molecule has 0 radical (unpaired) electrons. The number of nitrogens with zero attached hydrogens (tertiary/aromatic N) is 1. The van der Waals surface area contributed by atoms with Crippen LogP contribution in [0.25, 0.3) is 0 Å². The van der Waals surface area contributed by atoms with Crippen molar-refractivity contribution >= 4 is 5.71 Å². The molecule has 1 rings (SSSR count). The first kappa shape index (κ1) is 12.2. The van der Waals surface area contributed by atoms with Crippen LogP contribution in [0.4, 0.5) is 0 Å². The van der Waals surface area contributed by atoms with Gasteiger partial charge in [0.25, 0.3) is 0 Å². The van der Waals surface area contributed by atoms with Crippen molar-refractivity contribution in [2.75, 3.05) is 0 Å². The molecular formula is C10H13N2Ni-. The van der Waals surface area contributed by atoms with Crippen LogP contribution in [0, 0.1) is 6.08 Å². The Hall–Kier alpha value is -0.816. The molecule has 0 amide bonds. The monoisotopic (exact) mass is 219 g/mol. The molecule has 0 spiro atoms. The average Bonchev–Trinajstić information content (AvgIpc) is 2.48. The molecule has 2 nitrogen and oxygen atoms in total. The number of hydrogen-bond donors (Lipinski definition) is 1. The molecule has 3 heteroatoms. The maximum absolute atomic E-state index is 5.42. The molecule has 0 saturated heterocycles. The van der Waals surface area contributed by atoms with Crippen LogP contribution in [0.15, 0.2) is 35.1 Å². The van der Waals surface area contributed by atoms with E-state index in [1.54, 1.807) is 6.20 Å². The standard InChI is InChI=1S/C10H13N2.Ni/c1-3-5-10-8(7-11)6-9(4-2)12-10;/h3,7H,1,4-5,11H2,2H3;/q-1;. The van der Waals surface area contributed by atoms with Gasteiger partial charge in [0, 0.05) is 16.5 Å². The van der Waals surface area contributed by atoms with Gasteiger partial charge in [0.15, 0.2) is 0 Å². The van der Waals surface area contributed by atoms with Gasteiger partial charge in [0.1, 0.15) is 0 Å². The largest absolute Gasteiger partial charge is 0.455 e. The van der Waals surface area contributed by atoms with E-state index in [0.717, 1.165) is 29.8 Å². The topological polar surface area (TPSA) is 38.4 Å². The Kier molecular flexibility index (Phi) is 5.40. The summed E-state index contributed by atoms with van der Waals surface area (Å²) in [5.74, 6) is 0. The number of hydrogen-bond acceptors (Lipinski definition) is 2. The first-order valence-electron chi connectivity index (χ1n) is 4.05. The van der Waals surface area contributed by atoms with Gasteiger partial charge in [-0.1, -0.05) is 18.7 Å². The molecule has 0 aromatic rings. The summed E-state index contributed by atoms with van der Waals surface area (Å²) >= 11 is 0. The number of allylic oxidation sites excluding steroid dienone is 4. The van der Waals surface area contributed by atoms with Crippen LogP contribution in [-0.4, -0.2) is 5.71 Å². The molecule has 0 bridgehead atoms. The van der Waals surface area contributed by atoms with Gasteiger partial charge in [-0.25, -0.2) is 0 Å². The van der Waals surface area contributed by atoms with Crippen LogP contribution >= 0.6 is 0 Å². The zero-order valence-electron chi connectivity index (χ0n) is 7.62. The SMILES string of the molecule is C=CCC1=NC(CC)=[C-]C1=CN.[Ni]. The van der Waals surface area contributed by atoms with Gasteiger partial charge in [-0.15, -0.1) is 12.8 Å². The minimum Gasteiger partial charge on any atom is -0.455 e. The Bertz CT molecular complexity index is 275. The Morgan fingerprint density at radius 2 is 2.31 bits per heavy atom. The fraction of sp³-hybridized carbons (Fsp3) is 0.300. The predicted octanol–water partition coefficient (Wildman–Crippen LogP) is 1.95. The molecule has 0 aliphatic carbocycles. The summed E-state index contributed by atoms with van der Waals surface area (Å²) in [6.45, 7) is 5.71. The van der Waals surface area contributed by atoms with Crippen LogP contribution < -0.4 is 5.73 Å². The molecule has 0 atom stereocenters. The molecule has 1 aliphatic rings. The van der Waals surface area contributed by atoms with E-state index in [9.17, 15) is 0 Å². The first-order chi connectivity index (χ1) is 5.81. The third kappa shape index (κ3) is 2.85. The van der Waals surface area contributed by atoms with E-state index < -0.39 is 0 Å². The van der Waals surface area contributed by atoms with Gasteiger partial charge in [-0.2, -0.15) is 11.6 Å². The van der Waals surface area contributed by atoms with Crippen molar-refractivity contribution in [2.24, 2.45) is 10.7 Å². The molecule has 0 aromatic heterocycles. The molecule has 1 aliphatic heterocycles. The first-order valence-corrected chi connectivity index (χ1v) is 4.05. The Morgan fingerprint density at radius 3 is 2.77 bits per heavy atom. The Labute approximate surface area is 89.2 Å². The van der Waals surface area contributed by atoms with Crippen molar-refractivity contribution in [3.8, 4) is 0 Å². The van der Waals surface area contributed by atoms with E-state index in [2.05, 4.69) is 24.6 Å². The molecule has 0 aromatic carbocycles. The molecule has 2 N–H and O–H groups in total. The van der Waals surface area contributed by atoms with Crippen LogP contribution in [0.5, 0.6) is 0 Å². The van der Waals surface area contributed by atoms with Gasteiger partial charge in [-0.3, -0.25) is 0 Å². The number of aliphatic imine (C=N–C) groups is 1. The van der Waals surface area contributed by atoms with E-state index >= 15 is 0 Å². The average molecular weight is 220 g/mol. The van der Waals surface area contributed by atoms with Gasteiger partial charge < -0.3 is 10.7 Å². The molecule has 74 valence electrons. The maximum atomic E-state index is 5.42. The van der Waals surface area contributed by atoms with E-state index in [1.165, 1.54) is 0 Å². The minimum atomic E-state index is 0. The van der Waals surface area contributed by atoms with Crippen molar-refractivity contribution in [1.29, 1.82) is 0 Å². The smallest absolute Gasteiger partial charge is 0 e. The van der Waals surface area contributed by atoms with Gasteiger partial charge >= 0.3 is 0 Å². The van der Waals surface area contributed by atoms with E-state index in [1.807, 2.05) is 6.08 Å². The summed E-state index contributed by atoms with van der Waals surface area (Å²) in [5.41, 5.74) is 8.28. The van der Waals surface area contributed by atoms with Crippen LogP contribution in [0.1, 0.15) is 19.8 Å². The zero-order chi connectivity index (χ0) is 8.97. The second kappa shape index (κ2) is 5.77. The fourth-order valence-electron chi connectivity index (χ4n) is 1.08. The summed E-state index contributed by atoms with van der Waals surface area (Å²) in [5, 5.41) is 0. The van der Waals surface area contributed by atoms with Crippen LogP contribution in [0.3, 0.4) is 0 Å². The molecule has 0 unspecified atom stereocenters. The van der Waals surface area contributed by atoms with Crippen molar-refractivity contribution in [1.82, 2.24) is 0 Å². The van der Waals surface area contributed by atoms with E-state index in [0.29, 0.717) is 0 Å². The third-order valence-electron chi connectivity index (χ3n) is 1.70. The minimum absolute atomic E-state index is 0. The number of nitrogens with two attached hydrogens (primary N) is 1. The third-order valence-corrected chi connectivity index (χ3v) is 1.70. The summed E-state index contributed by atoms with van der Waals surface area (Å²) < 4.78 is 0. The molecule has 0 fully saturated rings. The quantitative estimate of drug-likeness (QED) is 0.440. The zero-order valence-corrected chi connectivity index (χ0v) is 8.60. The number of rotatable bonds is 3. The van der Waals surface area contributed by atoms with Crippen LogP contribution in [-0.2, 0) is 16.5 Å².